The SMILES string of the molecule is COC(COC(=O)CN)OC. The lowest BCUT2D eigenvalue weighted by Gasteiger charge is -2.12. The van der Waals surface area contributed by atoms with Crippen LogP contribution in [0.2, 0.25) is 0 Å². The molecule has 66 valence electrons. The summed E-state index contributed by atoms with van der Waals surface area (Å²) in [6, 6.07) is 0. The first-order valence-corrected chi connectivity index (χ1v) is 3.15. The van der Waals surface area contributed by atoms with Crippen LogP contribution in [0.3, 0.4) is 0 Å². The molecule has 0 saturated carbocycles. The van der Waals surface area contributed by atoms with E-state index in [1.807, 2.05) is 0 Å². The average Bonchev–Trinajstić information content (AvgIpc) is 2.06. The van der Waals surface area contributed by atoms with E-state index in [4.69, 9.17) is 15.2 Å². The summed E-state index contributed by atoms with van der Waals surface area (Å²) >= 11 is 0. The Kier molecular flexibility index (Phi) is 5.73. The summed E-state index contributed by atoms with van der Waals surface area (Å²) in [5.74, 6) is -0.468. The third-order valence-electron chi connectivity index (χ3n) is 1.07. The molecular weight excluding hydrogens is 150 g/mol. The topological polar surface area (TPSA) is 70.8 Å². The van der Waals surface area contributed by atoms with Crippen molar-refractivity contribution in [1.29, 1.82) is 0 Å². The van der Waals surface area contributed by atoms with Crippen molar-refractivity contribution in [3.63, 3.8) is 0 Å². The molecule has 0 spiro atoms. The van der Waals surface area contributed by atoms with E-state index in [-0.39, 0.29) is 13.2 Å². The van der Waals surface area contributed by atoms with Crippen molar-refractivity contribution in [2.45, 2.75) is 6.29 Å². The Hall–Kier alpha value is -0.650. The van der Waals surface area contributed by atoms with Gasteiger partial charge < -0.3 is 19.9 Å². The molecule has 0 amide bonds. The second-order valence-electron chi connectivity index (χ2n) is 1.79. The van der Waals surface area contributed by atoms with Gasteiger partial charge in [-0.1, -0.05) is 0 Å². The van der Waals surface area contributed by atoms with Crippen molar-refractivity contribution in [3.8, 4) is 0 Å². The van der Waals surface area contributed by atoms with Crippen LogP contribution in [-0.4, -0.2) is 39.6 Å². The smallest absolute Gasteiger partial charge is 0.319 e. The predicted molar refractivity (Wildman–Crippen MR) is 37.8 cm³/mol. The van der Waals surface area contributed by atoms with Crippen LogP contribution >= 0.6 is 0 Å². The van der Waals surface area contributed by atoms with Gasteiger partial charge in [0.15, 0.2) is 6.29 Å². The molecule has 0 bridgehead atoms. The first-order chi connectivity index (χ1) is 5.24. The summed E-state index contributed by atoms with van der Waals surface area (Å²) in [6.07, 6.45) is -0.509. The van der Waals surface area contributed by atoms with Crippen LogP contribution in [0.5, 0.6) is 0 Å². The molecule has 0 rings (SSSR count). The third kappa shape index (κ3) is 4.72. The van der Waals surface area contributed by atoms with E-state index in [9.17, 15) is 4.79 Å². The summed E-state index contributed by atoms with van der Waals surface area (Å²) in [7, 11) is 2.93. The minimum Gasteiger partial charge on any atom is -0.459 e. The monoisotopic (exact) mass is 163 g/mol. The van der Waals surface area contributed by atoms with Crippen molar-refractivity contribution < 1.29 is 19.0 Å². The number of carbonyl (C=O) groups is 1. The van der Waals surface area contributed by atoms with Gasteiger partial charge in [-0.15, -0.1) is 0 Å². The summed E-state index contributed by atoms with van der Waals surface area (Å²) in [5.41, 5.74) is 4.98. The molecule has 2 N–H and O–H groups in total. The lowest BCUT2D eigenvalue weighted by atomic mass is 10.6. The van der Waals surface area contributed by atoms with E-state index in [0.717, 1.165) is 0 Å². The number of carbonyl (C=O) groups excluding carboxylic acids is 1. The van der Waals surface area contributed by atoms with E-state index < -0.39 is 12.3 Å². The van der Waals surface area contributed by atoms with Crippen LogP contribution in [0.15, 0.2) is 0 Å². The molecule has 0 aliphatic heterocycles. The molecule has 0 aromatic rings. The average molecular weight is 163 g/mol. The number of nitrogens with two attached hydrogens (primary N) is 1. The lowest BCUT2D eigenvalue weighted by molar-refractivity contribution is -0.165. The first kappa shape index (κ1) is 10.3. The number of methoxy groups -OCH3 is 2. The molecule has 0 atom stereocenters. The van der Waals surface area contributed by atoms with E-state index in [1.165, 1.54) is 14.2 Å². The summed E-state index contributed by atoms with van der Waals surface area (Å²) in [5, 5.41) is 0. The maximum atomic E-state index is 10.5. The molecule has 0 unspecified atom stereocenters. The molecule has 0 saturated heterocycles. The summed E-state index contributed by atoms with van der Waals surface area (Å²) in [4.78, 5) is 10.5. The van der Waals surface area contributed by atoms with Gasteiger partial charge in [0.2, 0.25) is 0 Å². The third-order valence-corrected chi connectivity index (χ3v) is 1.07. The van der Waals surface area contributed by atoms with E-state index >= 15 is 0 Å². The fraction of sp³-hybridized carbons (Fsp3) is 0.833. The maximum absolute atomic E-state index is 10.5. The molecule has 5 heteroatoms. The lowest BCUT2D eigenvalue weighted by Crippen LogP contribution is -2.25. The van der Waals surface area contributed by atoms with Gasteiger partial charge >= 0.3 is 5.97 Å². The van der Waals surface area contributed by atoms with Crippen LogP contribution in [0.25, 0.3) is 0 Å². The zero-order valence-electron chi connectivity index (χ0n) is 6.70. The first-order valence-electron chi connectivity index (χ1n) is 3.15. The molecule has 0 heterocycles. The van der Waals surface area contributed by atoms with Crippen molar-refractivity contribution in [1.82, 2.24) is 0 Å². The number of ether oxygens (including phenoxy) is 3. The highest BCUT2D eigenvalue weighted by atomic mass is 16.7. The van der Waals surface area contributed by atoms with Crippen molar-refractivity contribution in [2.75, 3.05) is 27.4 Å². The van der Waals surface area contributed by atoms with Crippen LogP contribution in [0, 0.1) is 0 Å². The molecule has 0 aliphatic rings. The van der Waals surface area contributed by atoms with Crippen LogP contribution < -0.4 is 5.73 Å². The van der Waals surface area contributed by atoms with Gasteiger partial charge in [0.25, 0.3) is 0 Å². The zero-order valence-corrected chi connectivity index (χ0v) is 6.70. The largest absolute Gasteiger partial charge is 0.459 e. The van der Waals surface area contributed by atoms with Gasteiger partial charge in [-0.3, -0.25) is 4.79 Å². The Morgan fingerprint density at radius 3 is 2.36 bits per heavy atom. The molecular formula is C6H13NO4. The molecule has 11 heavy (non-hydrogen) atoms. The van der Waals surface area contributed by atoms with Crippen molar-refractivity contribution in [3.05, 3.63) is 0 Å². The predicted octanol–water partition coefficient (Wildman–Crippen LogP) is -0.893. The van der Waals surface area contributed by atoms with Gasteiger partial charge in [0.05, 0.1) is 6.54 Å². The number of hydrogen-bond acceptors (Lipinski definition) is 5. The molecule has 0 aromatic carbocycles. The second kappa shape index (κ2) is 6.09. The minimum absolute atomic E-state index is 0.0725. The minimum atomic E-state index is -0.509. The van der Waals surface area contributed by atoms with Gasteiger partial charge in [0.1, 0.15) is 6.61 Å². The second-order valence-corrected chi connectivity index (χ2v) is 1.79. The Bertz CT molecular complexity index is 113. The standard InChI is InChI=1S/C6H13NO4/c1-9-6(10-2)4-11-5(8)3-7/h6H,3-4,7H2,1-2H3. The normalized spacial score (nSPS) is 10.2. The molecule has 0 aliphatic carbocycles. The molecule has 5 nitrogen and oxygen atoms in total. The Balaban J connectivity index is 3.42. The van der Waals surface area contributed by atoms with Gasteiger partial charge in [-0.05, 0) is 0 Å². The number of rotatable bonds is 5. The summed E-state index contributed by atoms with van der Waals surface area (Å²) < 4.78 is 14.1. The Morgan fingerprint density at radius 2 is 2.00 bits per heavy atom. The fourth-order valence-electron chi connectivity index (χ4n) is 0.452. The van der Waals surface area contributed by atoms with Crippen molar-refractivity contribution in [2.24, 2.45) is 5.73 Å². The molecule has 0 aromatic heterocycles. The molecule has 0 fully saturated rings. The van der Waals surface area contributed by atoms with Crippen LogP contribution in [0.4, 0.5) is 0 Å². The van der Waals surface area contributed by atoms with E-state index in [0.29, 0.717) is 0 Å². The highest BCUT2D eigenvalue weighted by Crippen LogP contribution is 1.91. The Morgan fingerprint density at radius 1 is 1.45 bits per heavy atom. The number of hydrogen-bond donors (Lipinski definition) is 1. The Labute approximate surface area is 65.4 Å². The fourth-order valence-corrected chi connectivity index (χ4v) is 0.452. The van der Waals surface area contributed by atoms with Crippen LogP contribution in [-0.2, 0) is 19.0 Å². The van der Waals surface area contributed by atoms with Gasteiger partial charge in [-0.25, -0.2) is 0 Å². The molecule has 0 radical (unpaired) electrons. The quantitative estimate of drug-likeness (QED) is 0.420. The number of esters is 1. The van der Waals surface area contributed by atoms with E-state index in [2.05, 4.69) is 4.74 Å². The van der Waals surface area contributed by atoms with Crippen LogP contribution in [0.1, 0.15) is 0 Å². The van der Waals surface area contributed by atoms with Gasteiger partial charge in [-0.2, -0.15) is 0 Å². The maximum Gasteiger partial charge on any atom is 0.319 e. The van der Waals surface area contributed by atoms with Crippen molar-refractivity contribution >= 4 is 5.97 Å². The van der Waals surface area contributed by atoms with Gasteiger partial charge in [0, 0.05) is 14.2 Å². The highest BCUT2D eigenvalue weighted by Gasteiger charge is 2.07. The highest BCUT2D eigenvalue weighted by molar-refractivity contribution is 5.71. The summed E-state index contributed by atoms with van der Waals surface area (Å²) in [6.45, 7) is -0.0524. The zero-order chi connectivity index (χ0) is 8.69. The van der Waals surface area contributed by atoms with E-state index in [1.54, 1.807) is 0 Å².